The van der Waals surface area contributed by atoms with Crippen molar-refractivity contribution >= 4 is 30.9 Å². The van der Waals surface area contributed by atoms with Crippen LogP contribution >= 0.6 is 0 Å². The van der Waals surface area contributed by atoms with Crippen molar-refractivity contribution in [2.75, 3.05) is 0 Å². The number of nitrogens with one attached hydrogen (secondary N) is 2. The molecule has 1 aliphatic heterocycles. The second kappa shape index (κ2) is 13.3. The van der Waals surface area contributed by atoms with Crippen LogP contribution in [0.2, 0.25) is 0 Å². The van der Waals surface area contributed by atoms with Gasteiger partial charge < -0.3 is 24.7 Å². The highest BCUT2D eigenvalue weighted by atomic mass is 16.7. The highest BCUT2D eigenvalue weighted by molar-refractivity contribution is 6.51. The summed E-state index contributed by atoms with van der Waals surface area (Å²) in [5, 5.41) is 5.62. The summed E-state index contributed by atoms with van der Waals surface area (Å²) in [6.45, 7) is 9.08. The highest BCUT2D eigenvalue weighted by Gasteiger charge is 2.47. The zero-order valence-electron chi connectivity index (χ0n) is 22.9. The molecule has 0 bridgehead atoms. The molecule has 1 aliphatic rings. The molecule has 1 saturated heterocycles. The molecule has 39 heavy (non-hydrogen) atoms. The Bertz CT molecular complexity index is 1140. The van der Waals surface area contributed by atoms with Crippen LogP contribution in [0.15, 0.2) is 48.9 Å². The van der Waals surface area contributed by atoms with Crippen LogP contribution < -0.4 is 10.6 Å². The van der Waals surface area contributed by atoms with E-state index < -0.39 is 54.6 Å². The first kappa shape index (κ1) is 29.8. The average molecular weight is 538 g/mol. The van der Waals surface area contributed by atoms with Crippen molar-refractivity contribution in [1.82, 2.24) is 20.6 Å². The smallest absolute Gasteiger partial charge is 0.506 e. The van der Waals surface area contributed by atoms with Crippen molar-refractivity contribution in [3.8, 4) is 0 Å². The lowest BCUT2D eigenvalue weighted by atomic mass is 9.74. The number of ether oxygens (including phenoxy) is 1. The zero-order chi connectivity index (χ0) is 28.6. The van der Waals surface area contributed by atoms with Crippen molar-refractivity contribution < 1.29 is 33.2 Å². The molecule has 0 radical (unpaired) electrons. The first-order valence-corrected chi connectivity index (χ1v) is 12.9. The van der Waals surface area contributed by atoms with Gasteiger partial charge >= 0.3 is 19.1 Å². The Morgan fingerprint density at radius 1 is 1.10 bits per heavy atom. The van der Waals surface area contributed by atoms with E-state index in [0.717, 1.165) is 5.56 Å². The van der Waals surface area contributed by atoms with Gasteiger partial charge in [-0.2, -0.15) is 0 Å². The van der Waals surface area contributed by atoms with Gasteiger partial charge in [-0.15, -0.1) is 0 Å². The molecule has 1 aromatic carbocycles. The highest BCUT2D eigenvalue weighted by Crippen LogP contribution is 2.21. The van der Waals surface area contributed by atoms with Crippen LogP contribution in [0.1, 0.15) is 63.5 Å². The van der Waals surface area contributed by atoms with Crippen molar-refractivity contribution in [3.05, 3.63) is 60.2 Å². The molecule has 2 aromatic rings. The van der Waals surface area contributed by atoms with Crippen LogP contribution in [0.3, 0.4) is 0 Å². The summed E-state index contributed by atoms with van der Waals surface area (Å²) in [5.74, 6) is -2.96. The summed E-state index contributed by atoms with van der Waals surface area (Å²) in [5.41, 5.74) is 0.190. The van der Waals surface area contributed by atoms with Crippen LogP contribution in [0.4, 0.5) is 0 Å². The third-order valence-corrected chi connectivity index (χ3v) is 5.65. The molecule has 3 atom stereocenters. The van der Waals surface area contributed by atoms with Gasteiger partial charge in [0, 0.05) is 18.8 Å². The van der Waals surface area contributed by atoms with E-state index in [2.05, 4.69) is 20.6 Å². The van der Waals surface area contributed by atoms with Crippen LogP contribution in [-0.2, 0) is 34.9 Å². The molecule has 0 aliphatic carbocycles. The number of rotatable bonds is 11. The number of benzene rings is 1. The third-order valence-electron chi connectivity index (χ3n) is 5.65. The normalized spacial score (nSPS) is 16.8. The van der Waals surface area contributed by atoms with Gasteiger partial charge in [0.15, 0.2) is 6.10 Å². The maximum atomic E-state index is 13.5. The molecule has 0 saturated carbocycles. The van der Waals surface area contributed by atoms with Crippen LogP contribution in [-0.4, -0.2) is 64.5 Å². The Morgan fingerprint density at radius 3 is 2.44 bits per heavy atom. The average Bonchev–Trinajstić information content (AvgIpc) is 3.22. The molecule has 11 nitrogen and oxygen atoms in total. The quantitative estimate of drug-likeness (QED) is 0.324. The zero-order valence-corrected chi connectivity index (χ0v) is 22.9. The Labute approximate surface area is 228 Å². The minimum atomic E-state index is -1.15. The molecular formula is C27H35BN4O7. The van der Waals surface area contributed by atoms with Gasteiger partial charge in [-0.05, 0) is 38.7 Å². The van der Waals surface area contributed by atoms with Gasteiger partial charge in [0.2, 0.25) is 5.91 Å². The molecule has 1 aromatic heterocycles. The molecule has 0 unspecified atom stereocenters. The van der Waals surface area contributed by atoms with Crippen molar-refractivity contribution in [3.63, 3.8) is 0 Å². The third kappa shape index (κ3) is 9.47. The first-order chi connectivity index (χ1) is 18.4. The van der Waals surface area contributed by atoms with Gasteiger partial charge in [-0.1, -0.05) is 44.2 Å². The van der Waals surface area contributed by atoms with Crippen molar-refractivity contribution in [2.24, 2.45) is 5.92 Å². The number of amides is 2. The number of hydrogen-bond donors (Lipinski definition) is 2. The summed E-state index contributed by atoms with van der Waals surface area (Å²) >= 11 is 0. The Hall–Kier alpha value is -3.80. The molecule has 3 rings (SSSR count). The minimum Gasteiger partial charge on any atom is -0.506 e. The van der Waals surface area contributed by atoms with Gasteiger partial charge in [-0.3, -0.25) is 24.2 Å². The van der Waals surface area contributed by atoms with Gasteiger partial charge in [0.05, 0.1) is 18.6 Å². The summed E-state index contributed by atoms with van der Waals surface area (Å²) in [4.78, 5) is 59.0. The largest absolute Gasteiger partial charge is 0.552 e. The van der Waals surface area contributed by atoms with Gasteiger partial charge in [0.1, 0.15) is 17.3 Å². The second-order valence-electron chi connectivity index (χ2n) is 10.8. The molecule has 0 spiro atoms. The Morgan fingerprint density at radius 2 is 1.82 bits per heavy atom. The molecule has 2 N–H and O–H groups in total. The number of aromatic nitrogens is 2. The monoisotopic (exact) mass is 538 g/mol. The minimum absolute atomic E-state index is 0.0696. The lowest BCUT2D eigenvalue weighted by molar-refractivity contribution is -0.158. The molecule has 1 fully saturated rings. The van der Waals surface area contributed by atoms with Crippen LogP contribution in [0, 0.1) is 5.92 Å². The topological polar surface area (TPSA) is 146 Å². The first-order valence-electron chi connectivity index (χ1n) is 12.9. The second-order valence-corrected chi connectivity index (χ2v) is 10.8. The fourth-order valence-electron chi connectivity index (χ4n) is 4.02. The van der Waals surface area contributed by atoms with E-state index in [4.69, 9.17) is 14.0 Å². The van der Waals surface area contributed by atoms with E-state index in [1.165, 1.54) is 18.6 Å². The van der Waals surface area contributed by atoms with Gasteiger partial charge in [0.25, 0.3) is 5.91 Å². The fourth-order valence-corrected chi connectivity index (χ4v) is 4.02. The standard InChI is InChI=1S/C27H35BN4O7/c1-17(2)13-22(28-38-21(26(36)39-28)15-23(33)37-27(3,4)5)32-24(34)19(14-18-9-7-6-8-10-18)31-25(35)20-16-29-11-12-30-20/h6-12,16-17,19,21-22H,13-15H2,1-5H3,(H,31,35)(H,32,34)/t19-,21-,22-/m0/s1. The summed E-state index contributed by atoms with van der Waals surface area (Å²) in [6.07, 6.45) is 3.32. The van der Waals surface area contributed by atoms with E-state index in [-0.39, 0.29) is 24.5 Å². The van der Waals surface area contributed by atoms with E-state index in [1.807, 2.05) is 44.2 Å². The molecule has 12 heteroatoms. The van der Waals surface area contributed by atoms with Crippen molar-refractivity contribution in [2.45, 2.75) is 77.6 Å². The summed E-state index contributed by atoms with van der Waals surface area (Å²) in [6, 6.07) is 8.27. The maximum absolute atomic E-state index is 13.5. The van der Waals surface area contributed by atoms with Crippen molar-refractivity contribution in [1.29, 1.82) is 0 Å². The van der Waals surface area contributed by atoms with Crippen LogP contribution in [0.5, 0.6) is 0 Å². The Kier molecular flexibility index (Phi) is 10.2. The predicted molar refractivity (Wildman–Crippen MR) is 142 cm³/mol. The van der Waals surface area contributed by atoms with E-state index in [0.29, 0.717) is 6.42 Å². The van der Waals surface area contributed by atoms with E-state index in [1.54, 1.807) is 20.8 Å². The molecule has 2 heterocycles. The lowest BCUT2D eigenvalue weighted by Gasteiger charge is -2.25. The molecule has 2 amide bonds. The number of carbonyl (C=O) groups is 4. The SMILES string of the molecule is CC(C)C[C@H](NC(=O)[C@H](Cc1ccccc1)NC(=O)c1cnccn1)B1OC(=O)[C@H](CC(=O)OC(C)(C)C)O1. The number of esters is 1. The molecule has 208 valence electrons. The molecular weight excluding hydrogens is 503 g/mol. The number of carbonyl (C=O) groups excluding carboxylic acids is 4. The van der Waals surface area contributed by atoms with Gasteiger partial charge in [-0.25, -0.2) is 4.98 Å². The maximum Gasteiger partial charge on any atom is 0.552 e. The fraction of sp³-hybridized carbons (Fsp3) is 0.481. The number of hydrogen-bond acceptors (Lipinski definition) is 9. The summed E-state index contributed by atoms with van der Waals surface area (Å²) in [7, 11) is -1.11. The summed E-state index contributed by atoms with van der Waals surface area (Å²) < 4.78 is 16.5. The number of nitrogens with zero attached hydrogens (tertiary/aromatic N) is 2. The Balaban J connectivity index is 1.74. The predicted octanol–water partition coefficient (Wildman–Crippen LogP) is 2.05. The van der Waals surface area contributed by atoms with E-state index in [9.17, 15) is 19.2 Å². The lowest BCUT2D eigenvalue weighted by Crippen LogP contribution is -2.55. The van der Waals surface area contributed by atoms with E-state index >= 15 is 0 Å². The van der Waals surface area contributed by atoms with Crippen LogP contribution in [0.25, 0.3) is 0 Å².